The van der Waals surface area contributed by atoms with E-state index in [0.29, 0.717) is 11.4 Å². The van der Waals surface area contributed by atoms with Crippen molar-refractivity contribution in [2.45, 2.75) is 0 Å². The molecule has 24 heavy (non-hydrogen) atoms. The molecule has 0 heterocycles. The third-order valence-corrected chi connectivity index (χ3v) is 3.62. The average Bonchev–Trinajstić information content (AvgIpc) is 2.64. The maximum atomic E-state index is 9.03. The summed E-state index contributed by atoms with van der Waals surface area (Å²) in [4.78, 5) is 7.90. The molecule has 0 atom stereocenters. The fourth-order valence-electron chi connectivity index (χ4n) is 2.57. The van der Waals surface area contributed by atoms with E-state index < -0.39 is 0 Å². The molecule has 0 saturated heterocycles. The van der Waals surface area contributed by atoms with Gasteiger partial charge in [0.15, 0.2) is 0 Å². The summed E-state index contributed by atoms with van der Waals surface area (Å²) in [7, 11) is 0. The first-order valence-corrected chi connectivity index (χ1v) is 7.32. The number of hydrogen-bond acceptors (Lipinski definition) is 4. The molecular weight excluding hydrogens is 296 g/mol. The van der Waals surface area contributed by atoms with E-state index in [1.54, 1.807) is 12.2 Å². The van der Waals surface area contributed by atoms with Gasteiger partial charge in [0.1, 0.15) is 0 Å². The van der Waals surface area contributed by atoms with Crippen molar-refractivity contribution < 1.29 is 0 Å². The van der Waals surface area contributed by atoms with Gasteiger partial charge in [-0.15, -0.1) is 0 Å². The van der Waals surface area contributed by atoms with Crippen LogP contribution in [0.5, 0.6) is 0 Å². The lowest BCUT2D eigenvalue weighted by atomic mass is 9.88. The second kappa shape index (κ2) is 7.00. The zero-order chi connectivity index (χ0) is 16.8. The highest BCUT2D eigenvalue weighted by molar-refractivity contribution is 6.46. The van der Waals surface area contributed by atoms with E-state index in [-0.39, 0.29) is 0 Å². The van der Waals surface area contributed by atoms with Gasteiger partial charge >= 0.3 is 0 Å². The fraction of sp³-hybridized carbons (Fsp3) is 0. The summed E-state index contributed by atoms with van der Waals surface area (Å²) in [5, 5.41) is 18.1. The van der Waals surface area contributed by atoms with Crippen molar-refractivity contribution >= 4 is 22.6 Å². The highest BCUT2D eigenvalue weighted by Crippen LogP contribution is 2.28. The molecule has 0 saturated carbocycles. The van der Waals surface area contributed by atoms with Crippen LogP contribution < -0.4 is 0 Å². The lowest BCUT2D eigenvalue weighted by Crippen LogP contribution is -2.12. The summed E-state index contributed by atoms with van der Waals surface area (Å²) >= 11 is 0. The van der Waals surface area contributed by atoms with Crippen LogP contribution in [0.2, 0.25) is 0 Å². The van der Waals surface area contributed by atoms with Gasteiger partial charge in [-0.2, -0.15) is 20.5 Å². The summed E-state index contributed by atoms with van der Waals surface area (Å²) in [5.74, 6) is 0. The molecule has 0 amide bonds. The smallest absolute Gasteiger partial charge is 0.173 e. The molecule has 112 valence electrons. The predicted molar refractivity (Wildman–Crippen MR) is 94.9 cm³/mol. The fourth-order valence-corrected chi connectivity index (χ4v) is 2.57. The van der Waals surface area contributed by atoms with E-state index in [1.807, 2.05) is 73.0 Å². The van der Waals surface area contributed by atoms with Crippen molar-refractivity contribution in [2.24, 2.45) is 9.98 Å². The molecule has 2 aromatic rings. The van der Waals surface area contributed by atoms with Crippen LogP contribution in [0.15, 0.2) is 82.8 Å². The number of hydrogen-bond donors (Lipinski definition) is 0. The summed E-state index contributed by atoms with van der Waals surface area (Å²) < 4.78 is 0. The Balaban J connectivity index is 2.19. The standard InChI is InChI=1S/C20H12N4/c21-13-23-19-12-18(16-9-5-2-6-10-16)20(24-14-22)11-17(19)15-7-3-1-4-8-15/h1-12H. The lowest BCUT2D eigenvalue weighted by Gasteiger charge is -2.17. The van der Waals surface area contributed by atoms with Gasteiger partial charge in [-0.05, 0) is 23.3 Å². The number of aliphatic imine (C=N–C) groups is 2. The van der Waals surface area contributed by atoms with Crippen molar-refractivity contribution in [3.8, 4) is 12.4 Å². The minimum atomic E-state index is 0.555. The Bertz CT molecular complexity index is 869. The van der Waals surface area contributed by atoms with Crippen LogP contribution in [-0.4, -0.2) is 11.4 Å². The van der Waals surface area contributed by atoms with E-state index >= 15 is 0 Å². The largest absolute Gasteiger partial charge is 0.206 e. The monoisotopic (exact) mass is 308 g/mol. The topological polar surface area (TPSA) is 72.3 Å². The van der Waals surface area contributed by atoms with E-state index in [1.165, 1.54) is 0 Å². The molecule has 0 aliphatic heterocycles. The SMILES string of the molecule is N#CN=C1C=C(c2ccccc2)C(=NC#N)C=C1c1ccccc1. The van der Waals surface area contributed by atoms with Crippen molar-refractivity contribution in [3.05, 3.63) is 83.9 Å². The number of allylic oxidation sites excluding steroid dienone is 4. The Kier molecular flexibility index (Phi) is 4.42. The van der Waals surface area contributed by atoms with Crippen LogP contribution in [-0.2, 0) is 0 Å². The third kappa shape index (κ3) is 3.04. The summed E-state index contributed by atoms with van der Waals surface area (Å²) in [6.07, 6.45) is 7.31. The van der Waals surface area contributed by atoms with Gasteiger partial charge in [-0.1, -0.05) is 60.7 Å². The highest BCUT2D eigenvalue weighted by atomic mass is 14.8. The van der Waals surface area contributed by atoms with Gasteiger partial charge < -0.3 is 0 Å². The van der Waals surface area contributed by atoms with Crippen molar-refractivity contribution in [1.29, 1.82) is 10.5 Å². The minimum absolute atomic E-state index is 0.555. The Morgan fingerprint density at radius 3 is 1.29 bits per heavy atom. The van der Waals surface area contributed by atoms with Gasteiger partial charge in [0, 0.05) is 11.1 Å². The van der Waals surface area contributed by atoms with Crippen LogP contribution >= 0.6 is 0 Å². The first-order chi connectivity index (χ1) is 11.8. The Morgan fingerprint density at radius 2 is 0.958 bits per heavy atom. The van der Waals surface area contributed by atoms with Gasteiger partial charge in [0.2, 0.25) is 12.4 Å². The van der Waals surface area contributed by atoms with Gasteiger partial charge in [0.25, 0.3) is 0 Å². The van der Waals surface area contributed by atoms with Crippen molar-refractivity contribution in [2.75, 3.05) is 0 Å². The highest BCUT2D eigenvalue weighted by Gasteiger charge is 2.20. The summed E-state index contributed by atoms with van der Waals surface area (Å²) in [6.45, 7) is 0. The molecule has 4 nitrogen and oxygen atoms in total. The number of nitrogens with zero attached hydrogens (tertiary/aromatic N) is 4. The van der Waals surface area contributed by atoms with Crippen molar-refractivity contribution in [1.82, 2.24) is 0 Å². The first kappa shape index (κ1) is 15.1. The predicted octanol–water partition coefficient (Wildman–Crippen LogP) is 4.01. The normalized spacial score (nSPS) is 16.9. The molecular formula is C20H12N4. The quantitative estimate of drug-likeness (QED) is 0.621. The number of rotatable bonds is 2. The molecule has 4 heteroatoms. The molecule has 2 aromatic carbocycles. The zero-order valence-electron chi connectivity index (χ0n) is 12.7. The Hall–Kier alpha value is -3.76. The number of nitriles is 2. The third-order valence-electron chi connectivity index (χ3n) is 3.62. The van der Waals surface area contributed by atoms with Crippen LogP contribution in [0.3, 0.4) is 0 Å². The van der Waals surface area contributed by atoms with Crippen LogP contribution in [0.1, 0.15) is 11.1 Å². The lowest BCUT2D eigenvalue weighted by molar-refractivity contribution is 1.43. The Labute approximate surface area is 140 Å². The molecule has 0 spiro atoms. The maximum Gasteiger partial charge on any atom is 0.206 e. The molecule has 0 N–H and O–H groups in total. The number of benzene rings is 2. The first-order valence-electron chi connectivity index (χ1n) is 7.32. The second-order valence-corrected chi connectivity index (χ2v) is 5.04. The Morgan fingerprint density at radius 1 is 0.583 bits per heavy atom. The summed E-state index contributed by atoms with van der Waals surface area (Å²) in [5.41, 5.74) is 4.48. The molecule has 0 bridgehead atoms. The molecule has 0 unspecified atom stereocenters. The maximum absolute atomic E-state index is 9.03. The molecule has 0 fully saturated rings. The molecule has 1 aliphatic carbocycles. The van der Waals surface area contributed by atoms with Crippen LogP contribution in [0, 0.1) is 22.9 Å². The second-order valence-electron chi connectivity index (χ2n) is 5.04. The van der Waals surface area contributed by atoms with E-state index in [4.69, 9.17) is 10.5 Å². The van der Waals surface area contributed by atoms with E-state index in [0.717, 1.165) is 22.3 Å². The van der Waals surface area contributed by atoms with Gasteiger partial charge in [-0.25, -0.2) is 0 Å². The average molecular weight is 308 g/mol. The molecule has 0 aromatic heterocycles. The molecule has 3 rings (SSSR count). The van der Waals surface area contributed by atoms with Crippen LogP contribution in [0.25, 0.3) is 11.1 Å². The molecule has 1 aliphatic rings. The summed E-state index contributed by atoms with van der Waals surface area (Å²) in [6, 6.07) is 19.2. The van der Waals surface area contributed by atoms with Crippen molar-refractivity contribution in [3.63, 3.8) is 0 Å². The van der Waals surface area contributed by atoms with Gasteiger partial charge in [-0.3, -0.25) is 0 Å². The minimum Gasteiger partial charge on any atom is -0.173 e. The van der Waals surface area contributed by atoms with Gasteiger partial charge in [0.05, 0.1) is 11.4 Å². The van der Waals surface area contributed by atoms with E-state index in [2.05, 4.69) is 9.98 Å². The van der Waals surface area contributed by atoms with E-state index in [9.17, 15) is 0 Å². The molecule has 0 radical (unpaired) electrons. The zero-order valence-corrected chi connectivity index (χ0v) is 12.7. The van der Waals surface area contributed by atoms with Crippen LogP contribution in [0.4, 0.5) is 0 Å².